The zero-order valence-electron chi connectivity index (χ0n) is 10.3. The third kappa shape index (κ3) is 3.98. The number of hydrogen-bond donors (Lipinski definition) is 0. The highest BCUT2D eigenvalue weighted by molar-refractivity contribution is 9.11. The summed E-state index contributed by atoms with van der Waals surface area (Å²) in [7, 11) is 0. The third-order valence-corrected chi connectivity index (χ3v) is 3.67. The Balaban J connectivity index is 2.33. The van der Waals surface area contributed by atoms with Crippen LogP contribution in [0.15, 0.2) is 57.2 Å². The van der Waals surface area contributed by atoms with Crippen molar-refractivity contribution in [1.82, 2.24) is 4.98 Å². The zero-order chi connectivity index (χ0) is 14.5. The van der Waals surface area contributed by atoms with E-state index in [1.807, 2.05) is 30.3 Å². The van der Waals surface area contributed by atoms with Gasteiger partial charge in [0, 0.05) is 21.2 Å². The number of nitrogens with zero attached hydrogens (tertiary/aromatic N) is 2. The van der Waals surface area contributed by atoms with Gasteiger partial charge in [0.2, 0.25) is 0 Å². The van der Waals surface area contributed by atoms with E-state index in [9.17, 15) is 10.1 Å². The van der Waals surface area contributed by atoms with Crippen molar-refractivity contribution in [3.05, 3.63) is 78.6 Å². The minimum Gasteiger partial charge on any atom is -0.259 e. The summed E-state index contributed by atoms with van der Waals surface area (Å²) >= 11 is 6.65. The van der Waals surface area contributed by atoms with Crippen molar-refractivity contribution in [3.63, 3.8) is 0 Å². The summed E-state index contributed by atoms with van der Waals surface area (Å²) in [6, 6.07) is 11.1. The molecular weight excluding hydrogens is 388 g/mol. The standard InChI is InChI=1S/C14H10Br2N2O2/c15-11-7-13(16)14(17-9-11)8-12(18(19)20)6-10-4-2-1-3-5-10/h1-5,7-9H,6H2/b12-8+. The molecular formula is C14H10Br2N2O2. The van der Waals surface area contributed by atoms with Crippen LogP contribution in [0.4, 0.5) is 0 Å². The molecule has 0 saturated heterocycles. The van der Waals surface area contributed by atoms with E-state index in [0.29, 0.717) is 10.2 Å². The van der Waals surface area contributed by atoms with E-state index in [1.54, 1.807) is 12.3 Å². The van der Waals surface area contributed by atoms with Crippen LogP contribution in [0.5, 0.6) is 0 Å². The van der Waals surface area contributed by atoms with Crippen LogP contribution in [0.25, 0.3) is 6.08 Å². The Morgan fingerprint density at radius 1 is 1.30 bits per heavy atom. The van der Waals surface area contributed by atoms with E-state index in [2.05, 4.69) is 36.8 Å². The average molecular weight is 398 g/mol. The molecule has 4 nitrogen and oxygen atoms in total. The van der Waals surface area contributed by atoms with Gasteiger partial charge in [-0.2, -0.15) is 0 Å². The molecule has 0 aliphatic carbocycles. The second-order valence-corrected chi connectivity index (χ2v) is 5.85. The first kappa shape index (κ1) is 14.9. The summed E-state index contributed by atoms with van der Waals surface area (Å²) < 4.78 is 1.52. The summed E-state index contributed by atoms with van der Waals surface area (Å²) in [6.07, 6.45) is 3.36. The van der Waals surface area contributed by atoms with Crippen molar-refractivity contribution >= 4 is 37.9 Å². The molecule has 6 heteroatoms. The maximum Gasteiger partial charge on any atom is 0.252 e. The monoisotopic (exact) mass is 396 g/mol. The van der Waals surface area contributed by atoms with Crippen LogP contribution < -0.4 is 0 Å². The Labute approximate surface area is 133 Å². The molecule has 1 aromatic heterocycles. The highest BCUT2D eigenvalue weighted by atomic mass is 79.9. The van der Waals surface area contributed by atoms with Crippen LogP contribution in [0.2, 0.25) is 0 Å². The Bertz CT molecular complexity index is 657. The fourth-order valence-corrected chi connectivity index (χ4v) is 2.76. The molecule has 2 aromatic rings. The number of benzene rings is 1. The number of hydrogen-bond acceptors (Lipinski definition) is 3. The van der Waals surface area contributed by atoms with Crippen molar-refractivity contribution in [3.8, 4) is 0 Å². The summed E-state index contributed by atoms with van der Waals surface area (Å²) in [6.45, 7) is 0. The van der Waals surface area contributed by atoms with Gasteiger partial charge >= 0.3 is 0 Å². The molecule has 0 radical (unpaired) electrons. The highest BCUT2D eigenvalue weighted by Gasteiger charge is 2.13. The molecule has 0 spiro atoms. The lowest BCUT2D eigenvalue weighted by molar-refractivity contribution is -0.425. The number of halogens is 2. The summed E-state index contributed by atoms with van der Waals surface area (Å²) in [5.74, 6) is 0. The Hall–Kier alpha value is -1.53. The van der Waals surface area contributed by atoms with Crippen LogP contribution in [-0.2, 0) is 6.42 Å². The van der Waals surface area contributed by atoms with Gasteiger partial charge in [0.1, 0.15) is 0 Å². The minimum absolute atomic E-state index is 0.103. The van der Waals surface area contributed by atoms with Gasteiger partial charge in [-0.25, -0.2) is 0 Å². The molecule has 0 saturated carbocycles. The maximum atomic E-state index is 11.2. The maximum absolute atomic E-state index is 11.2. The zero-order valence-corrected chi connectivity index (χ0v) is 13.5. The van der Waals surface area contributed by atoms with Gasteiger partial charge < -0.3 is 0 Å². The van der Waals surface area contributed by atoms with Gasteiger partial charge in [-0.15, -0.1) is 0 Å². The van der Waals surface area contributed by atoms with Crippen LogP contribution in [0.3, 0.4) is 0 Å². The van der Waals surface area contributed by atoms with Gasteiger partial charge in [-0.3, -0.25) is 15.1 Å². The number of allylic oxidation sites excluding steroid dienone is 1. The molecule has 0 N–H and O–H groups in total. The molecule has 102 valence electrons. The van der Waals surface area contributed by atoms with E-state index in [1.165, 1.54) is 6.08 Å². The first-order valence-electron chi connectivity index (χ1n) is 5.76. The molecule has 0 amide bonds. The molecule has 0 aliphatic heterocycles. The first-order chi connectivity index (χ1) is 9.56. The SMILES string of the molecule is O=[N+]([O-])/C(=C/c1ncc(Br)cc1Br)Cc1ccccc1. The van der Waals surface area contributed by atoms with Crippen molar-refractivity contribution in [2.45, 2.75) is 6.42 Å². The van der Waals surface area contributed by atoms with Gasteiger partial charge in [0.05, 0.1) is 17.0 Å². The predicted molar refractivity (Wildman–Crippen MR) is 84.8 cm³/mol. The van der Waals surface area contributed by atoms with Crippen LogP contribution in [-0.4, -0.2) is 9.91 Å². The fourth-order valence-electron chi connectivity index (χ4n) is 1.66. The van der Waals surface area contributed by atoms with E-state index < -0.39 is 0 Å². The molecule has 0 atom stereocenters. The van der Waals surface area contributed by atoms with Crippen molar-refractivity contribution in [2.24, 2.45) is 0 Å². The Morgan fingerprint density at radius 2 is 2.00 bits per heavy atom. The lowest BCUT2D eigenvalue weighted by Gasteiger charge is -2.02. The summed E-state index contributed by atoms with van der Waals surface area (Å²) in [5.41, 5.74) is 1.53. The van der Waals surface area contributed by atoms with Crippen molar-refractivity contribution in [2.75, 3.05) is 0 Å². The van der Waals surface area contributed by atoms with Gasteiger partial charge in [-0.05, 0) is 43.5 Å². The van der Waals surface area contributed by atoms with E-state index in [4.69, 9.17) is 0 Å². The lowest BCUT2D eigenvalue weighted by atomic mass is 10.1. The van der Waals surface area contributed by atoms with E-state index in [-0.39, 0.29) is 17.0 Å². The largest absolute Gasteiger partial charge is 0.259 e. The fraction of sp³-hybridized carbons (Fsp3) is 0.0714. The van der Waals surface area contributed by atoms with Crippen LogP contribution >= 0.6 is 31.9 Å². The average Bonchev–Trinajstić information content (AvgIpc) is 2.42. The lowest BCUT2D eigenvalue weighted by Crippen LogP contribution is -2.03. The van der Waals surface area contributed by atoms with Gasteiger partial charge in [0.15, 0.2) is 0 Å². The molecule has 2 rings (SSSR count). The quantitative estimate of drug-likeness (QED) is 0.565. The number of rotatable bonds is 4. The van der Waals surface area contributed by atoms with Crippen LogP contribution in [0.1, 0.15) is 11.3 Å². The molecule has 0 unspecified atom stereocenters. The molecule has 0 bridgehead atoms. The minimum atomic E-state index is -0.372. The van der Waals surface area contributed by atoms with E-state index in [0.717, 1.165) is 10.0 Å². The summed E-state index contributed by atoms with van der Waals surface area (Å²) in [4.78, 5) is 15.0. The number of nitro groups is 1. The first-order valence-corrected chi connectivity index (χ1v) is 7.35. The summed E-state index contributed by atoms with van der Waals surface area (Å²) in [5, 5.41) is 11.2. The normalized spacial score (nSPS) is 11.4. The van der Waals surface area contributed by atoms with Crippen LogP contribution in [0, 0.1) is 10.1 Å². The Morgan fingerprint density at radius 3 is 2.60 bits per heavy atom. The smallest absolute Gasteiger partial charge is 0.252 e. The number of aromatic nitrogens is 1. The van der Waals surface area contributed by atoms with Gasteiger partial charge in [0.25, 0.3) is 5.70 Å². The molecule has 0 fully saturated rings. The molecule has 0 aliphatic rings. The molecule has 1 aromatic carbocycles. The predicted octanol–water partition coefficient (Wildman–Crippen LogP) is 4.47. The van der Waals surface area contributed by atoms with Gasteiger partial charge in [-0.1, -0.05) is 30.3 Å². The Kier molecular flexibility index (Phi) is 5.03. The topological polar surface area (TPSA) is 56.0 Å². The second-order valence-electron chi connectivity index (χ2n) is 4.08. The van der Waals surface area contributed by atoms with E-state index >= 15 is 0 Å². The molecule has 1 heterocycles. The van der Waals surface area contributed by atoms with Crippen molar-refractivity contribution < 1.29 is 4.92 Å². The third-order valence-electron chi connectivity index (χ3n) is 2.60. The van der Waals surface area contributed by atoms with Crippen molar-refractivity contribution in [1.29, 1.82) is 0 Å². The highest BCUT2D eigenvalue weighted by Crippen LogP contribution is 2.22. The number of pyridine rings is 1. The molecule has 20 heavy (non-hydrogen) atoms. The second kappa shape index (κ2) is 6.76.